The van der Waals surface area contributed by atoms with Crippen molar-refractivity contribution in [3.05, 3.63) is 72.4 Å². The summed E-state index contributed by atoms with van der Waals surface area (Å²) in [7, 11) is 2.05. The van der Waals surface area contributed by atoms with Crippen molar-refractivity contribution in [2.45, 2.75) is 20.4 Å². The molecule has 0 aliphatic carbocycles. The topological polar surface area (TPSA) is 51.4 Å². The molecule has 2 N–H and O–H groups in total. The van der Waals surface area contributed by atoms with E-state index in [-0.39, 0.29) is 5.91 Å². The first-order valence-corrected chi connectivity index (χ1v) is 9.80. The van der Waals surface area contributed by atoms with Crippen molar-refractivity contribution < 1.29 is 9.69 Å². The summed E-state index contributed by atoms with van der Waals surface area (Å²) >= 11 is 0. The molecule has 1 aromatic heterocycles. The van der Waals surface area contributed by atoms with Gasteiger partial charge in [-0.3, -0.25) is 4.79 Å². The highest BCUT2D eigenvalue weighted by atomic mass is 16.2. The Balaban J connectivity index is 1.81. The number of nitrogens with zero attached hydrogens (tertiary/aromatic N) is 2. The van der Waals surface area contributed by atoms with Crippen molar-refractivity contribution >= 4 is 5.91 Å². The molecule has 0 saturated carbocycles. The number of para-hydroxylation sites is 1. The Morgan fingerprint density at radius 2 is 1.71 bits per heavy atom. The smallest absolute Gasteiger partial charge is 0.275 e. The standard InChI is InChI=1S/C23H28N4O/c1-18(2)14-24-22(28)17-26(3)15-20-16-27(21-12-8-5-9-13-21)25-23(20)19-10-6-4-7-11-19/h4-13,16,18H,14-15,17H2,1-3H3,(H,24,28)/p+1. The molecule has 0 aliphatic heterocycles. The minimum atomic E-state index is 0.0860. The van der Waals surface area contributed by atoms with Crippen LogP contribution in [0.15, 0.2) is 66.9 Å². The number of carbonyl (C=O) groups excluding carboxylic acids is 1. The van der Waals surface area contributed by atoms with E-state index in [1.54, 1.807) is 0 Å². The van der Waals surface area contributed by atoms with Crippen molar-refractivity contribution in [2.24, 2.45) is 5.92 Å². The third kappa shape index (κ3) is 5.30. The zero-order chi connectivity index (χ0) is 19.9. The minimum absolute atomic E-state index is 0.0860. The van der Waals surface area contributed by atoms with Gasteiger partial charge >= 0.3 is 0 Å². The largest absolute Gasteiger partial charge is 0.351 e. The molecule has 1 amide bonds. The zero-order valence-electron chi connectivity index (χ0n) is 16.9. The van der Waals surface area contributed by atoms with Crippen LogP contribution in [0.25, 0.3) is 16.9 Å². The van der Waals surface area contributed by atoms with Gasteiger partial charge in [0.15, 0.2) is 6.54 Å². The van der Waals surface area contributed by atoms with Gasteiger partial charge < -0.3 is 10.2 Å². The maximum atomic E-state index is 12.2. The summed E-state index contributed by atoms with van der Waals surface area (Å²) in [6, 6.07) is 20.3. The Morgan fingerprint density at radius 3 is 2.36 bits per heavy atom. The van der Waals surface area contributed by atoms with Crippen LogP contribution in [-0.4, -0.2) is 35.8 Å². The summed E-state index contributed by atoms with van der Waals surface area (Å²) in [5, 5.41) is 7.84. The average Bonchev–Trinajstić information content (AvgIpc) is 3.11. The first kappa shape index (κ1) is 19.8. The van der Waals surface area contributed by atoms with Crippen molar-refractivity contribution in [2.75, 3.05) is 20.1 Å². The number of likely N-dealkylation sites (N-methyl/N-ethyl adjacent to an activating group) is 1. The van der Waals surface area contributed by atoms with E-state index < -0.39 is 0 Å². The maximum absolute atomic E-state index is 12.2. The minimum Gasteiger partial charge on any atom is -0.351 e. The van der Waals surface area contributed by atoms with Crippen LogP contribution < -0.4 is 10.2 Å². The molecule has 0 radical (unpaired) electrons. The lowest BCUT2D eigenvalue weighted by atomic mass is 10.1. The van der Waals surface area contributed by atoms with Crippen molar-refractivity contribution in [1.29, 1.82) is 0 Å². The number of hydrogen-bond donors (Lipinski definition) is 2. The van der Waals surface area contributed by atoms with E-state index in [9.17, 15) is 4.79 Å². The lowest BCUT2D eigenvalue weighted by Gasteiger charge is -2.14. The Hall–Kier alpha value is -2.92. The molecule has 3 rings (SSSR count). The highest BCUT2D eigenvalue weighted by molar-refractivity contribution is 5.76. The molecule has 2 aromatic carbocycles. The van der Waals surface area contributed by atoms with E-state index in [0.717, 1.165) is 34.0 Å². The van der Waals surface area contributed by atoms with Gasteiger partial charge in [-0.05, 0) is 18.1 Å². The fourth-order valence-electron chi connectivity index (χ4n) is 3.13. The summed E-state index contributed by atoms with van der Waals surface area (Å²) < 4.78 is 1.92. The van der Waals surface area contributed by atoms with Crippen LogP contribution in [0.3, 0.4) is 0 Å². The fourth-order valence-corrected chi connectivity index (χ4v) is 3.13. The molecule has 1 atom stereocenters. The number of amides is 1. The number of benzene rings is 2. The lowest BCUT2D eigenvalue weighted by Crippen LogP contribution is -3.08. The monoisotopic (exact) mass is 377 g/mol. The molecular weight excluding hydrogens is 348 g/mol. The molecule has 1 unspecified atom stereocenters. The van der Waals surface area contributed by atoms with E-state index in [4.69, 9.17) is 5.10 Å². The molecule has 0 spiro atoms. The second-order valence-electron chi connectivity index (χ2n) is 7.66. The summed E-state index contributed by atoms with van der Waals surface area (Å²) in [4.78, 5) is 13.3. The quantitative estimate of drug-likeness (QED) is 0.633. The number of carbonyl (C=O) groups is 1. The third-order valence-corrected chi connectivity index (χ3v) is 4.52. The Kier molecular flexibility index (Phi) is 6.61. The van der Waals surface area contributed by atoms with Gasteiger partial charge in [0.1, 0.15) is 12.2 Å². The van der Waals surface area contributed by atoms with E-state index in [0.29, 0.717) is 19.0 Å². The summed E-state index contributed by atoms with van der Waals surface area (Å²) in [6.07, 6.45) is 2.08. The number of quaternary nitrogens is 1. The van der Waals surface area contributed by atoms with Gasteiger partial charge in [0.2, 0.25) is 0 Å². The van der Waals surface area contributed by atoms with E-state index in [1.807, 2.05) is 60.3 Å². The molecule has 0 bridgehead atoms. The van der Waals surface area contributed by atoms with Crippen molar-refractivity contribution in [3.63, 3.8) is 0 Å². The SMILES string of the molecule is CC(C)CNC(=O)C[NH+](C)Cc1cn(-c2ccccc2)nc1-c1ccccc1. The lowest BCUT2D eigenvalue weighted by molar-refractivity contribution is -0.885. The highest BCUT2D eigenvalue weighted by Crippen LogP contribution is 2.23. The zero-order valence-corrected chi connectivity index (χ0v) is 16.9. The summed E-state index contributed by atoms with van der Waals surface area (Å²) in [5.41, 5.74) is 4.21. The van der Waals surface area contributed by atoms with Crippen LogP contribution in [0.2, 0.25) is 0 Å². The predicted octanol–water partition coefficient (Wildman–Crippen LogP) is 2.33. The molecule has 3 aromatic rings. The first-order chi connectivity index (χ1) is 13.5. The number of aromatic nitrogens is 2. The van der Waals surface area contributed by atoms with Crippen LogP contribution in [-0.2, 0) is 11.3 Å². The average molecular weight is 378 g/mol. The van der Waals surface area contributed by atoms with Gasteiger partial charge in [0, 0.05) is 18.3 Å². The Labute approximate surface area is 167 Å². The van der Waals surface area contributed by atoms with Gasteiger partial charge in [-0.2, -0.15) is 5.10 Å². The fraction of sp³-hybridized carbons (Fsp3) is 0.304. The van der Waals surface area contributed by atoms with Gasteiger partial charge in [-0.25, -0.2) is 4.68 Å². The van der Waals surface area contributed by atoms with Gasteiger partial charge in [0.05, 0.1) is 18.3 Å². The van der Waals surface area contributed by atoms with Gasteiger partial charge in [-0.15, -0.1) is 0 Å². The maximum Gasteiger partial charge on any atom is 0.275 e. The van der Waals surface area contributed by atoms with Gasteiger partial charge in [-0.1, -0.05) is 62.4 Å². The van der Waals surface area contributed by atoms with Crippen molar-refractivity contribution in [1.82, 2.24) is 15.1 Å². The number of nitrogens with one attached hydrogen (secondary N) is 2. The van der Waals surface area contributed by atoms with E-state index in [2.05, 4.69) is 37.5 Å². The molecule has 0 fully saturated rings. The molecule has 0 aliphatic rings. The van der Waals surface area contributed by atoms with Crippen molar-refractivity contribution in [3.8, 4) is 16.9 Å². The number of hydrogen-bond acceptors (Lipinski definition) is 2. The van der Waals surface area contributed by atoms with Gasteiger partial charge in [0.25, 0.3) is 5.91 Å². The molecule has 1 heterocycles. The molecule has 5 nitrogen and oxygen atoms in total. The third-order valence-electron chi connectivity index (χ3n) is 4.52. The summed E-state index contributed by atoms with van der Waals surface area (Å²) in [5.74, 6) is 0.543. The molecule has 146 valence electrons. The normalized spacial score (nSPS) is 12.1. The van der Waals surface area contributed by atoms with Crippen LogP contribution in [0, 0.1) is 5.92 Å². The Morgan fingerprint density at radius 1 is 1.07 bits per heavy atom. The van der Waals surface area contributed by atoms with Crippen LogP contribution in [0.1, 0.15) is 19.4 Å². The number of rotatable bonds is 8. The van der Waals surface area contributed by atoms with Crippen LogP contribution >= 0.6 is 0 Å². The molecule has 28 heavy (non-hydrogen) atoms. The first-order valence-electron chi connectivity index (χ1n) is 9.80. The van der Waals surface area contributed by atoms with E-state index >= 15 is 0 Å². The second-order valence-corrected chi connectivity index (χ2v) is 7.66. The molecule has 5 heteroatoms. The molecule has 0 saturated heterocycles. The predicted molar refractivity (Wildman–Crippen MR) is 112 cm³/mol. The Bertz CT molecular complexity index is 887. The molecular formula is C23H29N4O+. The summed E-state index contributed by atoms with van der Waals surface area (Å²) in [6.45, 7) is 6.08. The van der Waals surface area contributed by atoms with Crippen LogP contribution in [0.5, 0.6) is 0 Å². The van der Waals surface area contributed by atoms with E-state index in [1.165, 1.54) is 0 Å². The second kappa shape index (κ2) is 9.33. The van der Waals surface area contributed by atoms with Crippen LogP contribution in [0.4, 0.5) is 0 Å². The highest BCUT2D eigenvalue weighted by Gasteiger charge is 2.17.